The van der Waals surface area contributed by atoms with E-state index in [-0.39, 0.29) is 0 Å². The van der Waals surface area contributed by atoms with E-state index in [1.165, 1.54) is 89.7 Å². The fraction of sp³-hybridized carbons (Fsp3) is 0.714. The predicted octanol–water partition coefficient (Wildman–Crippen LogP) is 6.52. The van der Waals surface area contributed by atoms with E-state index in [9.17, 15) is 0 Å². The van der Waals surface area contributed by atoms with Gasteiger partial charge in [0, 0.05) is 5.69 Å². The Morgan fingerprint density at radius 1 is 0.833 bits per heavy atom. The third-order valence-corrected chi connectivity index (χ3v) is 4.55. The molecule has 136 valence electrons. The van der Waals surface area contributed by atoms with Crippen molar-refractivity contribution in [1.29, 1.82) is 0 Å². The van der Waals surface area contributed by atoms with Crippen LogP contribution in [-0.4, -0.2) is 16.4 Å². The van der Waals surface area contributed by atoms with Gasteiger partial charge < -0.3 is 5.21 Å². The van der Waals surface area contributed by atoms with Gasteiger partial charge in [-0.1, -0.05) is 95.2 Å². The highest BCUT2D eigenvalue weighted by atomic mass is 16.4. The molecule has 0 aromatic carbocycles. The van der Waals surface area contributed by atoms with Crippen molar-refractivity contribution in [2.24, 2.45) is 5.16 Å². The average molecular weight is 333 g/mol. The number of hydrogen-bond donors (Lipinski definition) is 1. The van der Waals surface area contributed by atoms with Crippen molar-refractivity contribution >= 4 is 6.21 Å². The molecule has 0 unspecified atom stereocenters. The van der Waals surface area contributed by atoms with Crippen LogP contribution in [0.1, 0.15) is 102 Å². The number of nitrogens with zero attached hydrogens (tertiary/aromatic N) is 2. The van der Waals surface area contributed by atoms with Gasteiger partial charge in [0.2, 0.25) is 0 Å². The molecule has 1 heterocycles. The molecule has 0 saturated carbocycles. The fourth-order valence-corrected chi connectivity index (χ4v) is 3.09. The van der Waals surface area contributed by atoms with Gasteiger partial charge in [-0.15, -0.1) is 0 Å². The van der Waals surface area contributed by atoms with E-state index in [0.29, 0.717) is 0 Å². The molecule has 1 aromatic heterocycles. The molecule has 3 heteroatoms. The first kappa shape index (κ1) is 20.7. The normalized spacial score (nSPS) is 11.4. The highest BCUT2D eigenvalue weighted by molar-refractivity contribution is 5.76. The summed E-state index contributed by atoms with van der Waals surface area (Å²) in [4.78, 5) is 4.45. The van der Waals surface area contributed by atoms with Gasteiger partial charge in [0.05, 0.1) is 11.9 Å². The van der Waals surface area contributed by atoms with E-state index in [4.69, 9.17) is 5.21 Å². The summed E-state index contributed by atoms with van der Waals surface area (Å²) in [6.07, 6.45) is 20.3. The van der Waals surface area contributed by atoms with E-state index in [1.54, 1.807) is 0 Å². The lowest BCUT2D eigenvalue weighted by atomic mass is 10.0. The van der Waals surface area contributed by atoms with Crippen LogP contribution < -0.4 is 0 Å². The Bertz CT molecular complexity index is 432. The molecule has 0 bridgehead atoms. The van der Waals surface area contributed by atoms with Crippen LogP contribution in [0.3, 0.4) is 0 Å². The lowest BCUT2D eigenvalue weighted by Gasteiger charge is -2.04. The summed E-state index contributed by atoms with van der Waals surface area (Å²) in [7, 11) is 0. The maximum absolute atomic E-state index is 8.54. The largest absolute Gasteiger partial charge is 0.411 e. The lowest BCUT2D eigenvalue weighted by molar-refractivity contribution is 0.321. The number of pyridine rings is 1. The maximum atomic E-state index is 8.54. The number of aromatic nitrogens is 1. The monoisotopic (exact) mass is 332 g/mol. The molecule has 0 spiro atoms. The zero-order valence-corrected chi connectivity index (χ0v) is 15.6. The molecule has 24 heavy (non-hydrogen) atoms. The Labute approximate surface area is 148 Å². The van der Waals surface area contributed by atoms with Crippen molar-refractivity contribution in [3.05, 3.63) is 29.6 Å². The first-order valence-corrected chi connectivity index (χ1v) is 10.00. The third kappa shape index (κ3) is 11.2. The van der Waals surface area contributed by atoms with Crippen LogP contribution in [0.15, 0.2) is 23.4 Å². The van der Waals surface area contributed by atoms with E-state index in [1.807, 2.05) is 12.1 Å². The number of unbranched alkanes of at least 4 members (excludes halogenated alkanes) is 12. The van der Waals surface area contributed by atoms with E-state index < -0.39 is 0 Å². The van der Waals surface area contributed by atoms with Crippen LogP contribution in [0.25, 0.3) is 0 Å². The van der Waals surface area contributed by atoms with Gasteiger partial charge in [-0.05, 0) is 25.0 Å². The molecule has 0 radical (unpaired) electrons. The second-order valence-electron chi connectivity index (χ2n) is 6.79. The second kappa shape index (κ2) is 15.2. The van der Waals surface area contributed by atoms with Crippen molar-refractivity contribution in [2.75, 3.05) is 0 Å². The summed E-state index contributed by atoms with van der Waals surface area (Å²) in [5.74, 6) is 0. The Balaban J connectivity index is 1.89. The predicted molar refractivity (Wildman–Crippen MR) is 103 cm³/mol. The summed E-state index contributed by atoms with van der Waals surface area (Å²) in [5.41, 5.74) is 1.82. The Morgan fingerprint density at radius 2 is 1.38 bits per heavy atom. The van der Waals surface area contributed by atoms with Crippen LogP contribution in [0.5, 0.6) is 0 Å². The Kier molecular flexibility index (Phi) is 13.1. The Morgan fingerprint density at radius 3 is 1.92 bits per heavy atom. The second-order valence-corrected chi connectivity index (χ2v) is 6.79. The van der Waals surface area contributed by atoms with Crippen LogP contribution in [-0.2, 0) is 6.42 Å². The van der Waals surface area contributed by atoms with Crippen molar-refractivity contribution < 1.29 is 5.21 Å². The summed E-state index contributed by atoms with van der Waals surface area (Å²) >= 11 is 0. The minimum atomic E-state index is 0.727. The van der Waals surface area contributed by atoms with Crippen molar-refractivity contribution in [1.82, 2.24) is 4.98 Å². The van der Waals surface area contributed by atoms with Gasteiger partial charge >= 0.3 is 0 Å². The quantitative estimate of drug-likeness (QED) is 0.172. The maximum Gasteiger partial charge on any atom is 0.0918 e. The molecule has 1 rings (SSSR count). The molecule has 0 fully saturated rings. The van der Waals surface area contributed by atoms with Crippen molar-refractivity contribution in [3.8, 4) is 0 Å². The van der Waals surface area contributed by atoms with E-state index in [0.717, 1.165) is 17.8 Å². The van der Waals surface area contributed by atoms with Gasteiger partial charge in [0.1, 0.15) is 0 Å². The zero-order chi connectivity index (χ0) is 17.3. The summed E-state index contributed by atoms with van der Waals surface area (Å²) in [6.45, 7) is 2.28. The minimum Gasteiger partial charge on any atom is -0.411 e. The molecular weight excluding hydrogens is 296 g/mol. The van der Waals surface area contributed by atoms with Crippen LogP contribution >= 0.6 is 0 Å². The standard InChI is InChI=1S/C21H36N2O/c1-2-3-4-5-6-7-8-9-10-11-12-13-14-16-20-17-15-18-21(23-20)19-22-24/h15,17-19,24H,2-14,16H2,1H3. The molecule has 1 N–H and O–H groups in total. The molecule has 3 nitrogen and oxygen atoms in total. The lowest BCUT2D eigenvalue weighted by Crippen LogP contribution is -1.95. The first-order valence-electron chi connectivity index (χ1n) is 10.00. The smallest absolute Gasteiger partial charge is 0.0918 e. The molecule has 0 aliphatic heterocycles. The molecule has 0 aliphatic carbocycles. The molecule has 0 saturated heterocycles. The molecule has 1 aromatic rings. The average Bonchev–Trinajstić information content (AvgIpc) is 2.60. The summed E-state index contributed by atoms with van der Waals surface area (Å²) in [5, 5.41) is 11.6. The molecular formula is C21H36N2O. The van der Waals surface area contributed by atoms with Crippen molar-refractivity contribution in [3.63, 3.8) is 0 Å². The topological polar surface area (TPSA) is 45.5 Å². The van der Waals surface area contributed by atoms with E-state index in [2.05, 4.69) is 23.1 Å². The highest BCUT2D eigenvalue weighted by Gasteiger charge is 1.98. The van der Waals surface area contributed by atoms with Gasteiger partial charge in [0.15, 0.2) is 0 Å². The van der Waals surface area contributed by atoms with Gasteiger partial charge in [-0.3, -0.25) is 4.98 Å². The zero-order valence-electron chi connectivity index (χ0n) is 15.6. The number of rotatable bonds is 15. The summed E-state index contributed by atoms with van der Waals surface area (Å²) < 4.78 is 0. The van der Waals surface area contributed by atoms with Gasteiger partial charge in [0.25, 0.3) is 0 Å². The third-order valence-electron chi connectivity index (χ3n) is 4.55. The highest BCUT2D eigenvalue weighted by Crippen LogP contribution is 2.13. The van der Waals surface area contributed by atoms with Crippen LogP contribution in [0.4, 0.5) is 0 Å². The van der Waals surface area contributed by atoms with Crippen LogP contribution in [0.2, 0.25) is 0 Å². The SMILES string of the molecule is CCCCCCCCCCCCCCCc1cccc(C=NO)n1. The Hall–Kier alpha value is -1.38. The number of oxime groups is 1. The first-order chi connectivity index (χ1) is 11.9. The molecule has 0 amide bonds. The number of hydrogen-bond acceptors (Lipinski definition) is 3. The van der Waals surface area contributed by atoms with E-state index >= 15 is 0 Å². The van der Waals surface area contributed by atoms with Gasteiger partial charge in [-0.2, -0.15) is 0 Å². The van der Waals surface area contributed by atoms with Gasteiger partial charge in [-0.25, -0.2) is 0 Å². The molecule has 0 aliphatic rings. The van der Waals surface area contributed by atoms with Crippen molar-refractivity contribution in [2.45, 2.75) is 96.8 Å². The number of aryl methyl sites for hydroxylation is 1. The van der Waals surface area contributed by atoms with Crippen LogP contribution in [0, 0.1) is 0 Å². The fourth-order valence-electron chi connectivity index (χ4n) is 3.09. The summed E-state index contributed by atoms with van der Waals surface area (Å²) in [6, 6.07) is 5.88. The minimum absolute atomic E-state index is 0.727. The molecule has 0 atom stereocenters.